The smallest absolute Gasteiger partial charge is 0.321 e. The third-order valence-electron chi connectivity index (χ3n) is 4.44. The van der Waals surface area contributed by atoms with E-state index in [2.05, 4.69) is 41.7 Å². The molecule has 1 aliphatic heterocycles. The van der Waals surface area contributed by atoms with Crippen molar-refractivity contribution in [2.24, 2.45) is 0 Å². The molecule has 1 heterocycles. The van der Waals surface area contributed by atoms with Crippen molar-refractivity contribution < 1.29 is 4.79 Å². The maximum atomic E-state index is 12.1. The van der Waals surface area contributed by atoms with Crippen LogP contribution in [0.2, 0.25) is 0 Å². The quantitative estimate of drug-likeness (QED) is 0.719. The maximum Gasteiger partial charge on any atom is 0.321 e. The zero-order chi connectivity index (χ0) is 14.2. The van der Waals surface area contributed by atoms with Crippen LogP contribution < -0.4 is 5.32 Å². The fourth-order valence-electron chi connectivity index (χ4n) is 3.35. The number of hydrogen-bond donors (Lipinski definition) is 1. The molecular formula is C18H18N2O. The topological polar surface area (TPSA) is 32.3 Å². The average Bonchev–Trinajstić information content (AvgIpc) is 3.14. The van der Waals surface area contributed by atoms with Crippen molar-refractivity contribution >= 4 is 11.7 Å². The largest absolute Gasteiger partial charge is 0.325 e. The molecule has 2 amide bonds. The van der Waals surface area contributed by atoms with Gasteiger partial charge >= 0.3 is 6.03 Å². The molecular weight excluding hydrogens is 260 g/mol. The van der Waals surface area contributed by atoms with Gasteiger partial charge in [0.2, 0.25) is 0 Å². The Balaban J connectivity index is 1.57. The first-order valence-electron chi connectivity index (χ1n) is 7.58. The highest BCUT2D eigenvalue weighted by Crippen LogP contribution is 2.37. The second-order valence-electron chi connectivity index (χ2n) is 5.83. The van der Waals surface area contributed by atoms with Crippen LogP contribution >= 0.6 is 0 Å². The van der Waals surface area contributed by atoms with Gasteiger partial charge in [-0.25, -0.2) is 4.79 Å². The first-order valence-corrected chi connectivity index (χ1v) is 7.58. The van der Waals surface area contributed by atoms with Gasteiger partial charge in [0.15, 0.2) is 0 Å². The summed E-state index contributed by atoms with van der Waals surface area (Å²) in [5.41, 5.74) is 6.19. The Kier molecular flexibility index (Phi) is 2.92. The molecule has 1 saturated heterocycles. The van der Waals surface area contributed by atoms with Crippen LogP contribution in [-0.2, 0) is 6.42 Å². The van der Waals surface area contributed by atoms with Crippen LogP contribution in [0.5, 0.6) is 0 Å². The molecule has 3 nitrogen and oxygen atoms in total. The average molecular weight is 278 g/mol. The molecule has 0 bridgehead atoms. The number of carbonyl (C=O) groups is 1. The number of urea groups is 1. The number of rotatable bonds is 1. The summed E-state index contributed by atoms with van der Waals surface area (Å²) in [6.45, 7) is 1.75. The Bertz CT molecular complexity index is 702. The second-order valence-corrected chi connectivity index (χ2v) is 5.83. The minimum Gasteiger partial charge on any atom is -0.325 e. The first-order chi connectivity index (χ1) is 10.3. The van der Waals surface area contributed by atoms with Crippen molar-refractivity contribution in [2.75, 3.05) is 18.4 Å². The van der Waals surface area contributed by atoms with E-state index in [0.29, 0.717) is 0 Å². The van der Waals surface area contributed by atoms with E-state index < -0.39 is 0 Å². The van der Waals surface area contributed by atoms with E-state index in [1.807, 2.05) is 11.0 Å². The highest BCUT2D eigenvalue weighted by molar-refractivity contribution is 5.90. The summed E-state index contributed by atoms with van der Waals surface area (Å²) in [5, 5.41) is 3.03. The monoisotopic (exact) mass is 278 g/mol. The highest BCUT2D eigenvalue weighted by atomic mass is 16.2. The molecule has 0 saturated carbocycles. The number of benzene rings is 2. The fourth-order valence-corrected chi connectivity index (χ4v) is 3.35. The van der Waals surface area contributed by atoms with Gasteiger partial charge in [-0.2, -0.15) is 0 Å². The lowest BCUT2D eigenvalue weighted by Crippen LogP contribution is -2.32. The van der Waals surface area contributed by atoms with Gasteiger partial charge in [-0.05, 0) is 53.6 Å². The van der Waals surface area contributed by atoms with Gasteiger partial charge in [0, 0.05) is 18.8 Å². The molecule has 2 aromatic carbocycles. The summed E-state index contributed by atoms with van der Waals surface area (Å²) in [5.74, 6) is 0. The lowest BCUT2D eigenvalue weighted by molar-refractivity contribution is 0.222. The van der Waals surface area contributed by atoms with Crippen LogP contribution in [0.1, 0.15) is 24.0 Å². The molecule has 0 atom stereocenters. The van der Waals surface area contributed by atoms with Gasteiger partial charge in [0.1, 0.15) is 0 Å². The molecule has 21 heavy (non-hydrogen) atoms. The molecule has 1 aliphatic carbocycles. The first kappa shape index (κ1) is 12.5. The standard InChI is InChI=1S/C18H18N2O/c21-18(20-9-3-4-10-20)19-15-7-8-17-14(12-15)11-13-5-1-2-6-16(13)17/h1-2,5-8,12H,3-4,9-11H2,(H,19,21). The van der Waals surface area contributed by atoms with E-state index in [9.17, 15) is 4.79 Å². The number of carbonyl (C=O) groups excluding carboxylic acids is 1. The van der Waals surface area contributed by atoms with Crippen LogP contribution in [0.4, 0.5) is 10.5 Å². The Morgan fingerprint density at radius 3 is 2.57 bits per heavy atom. The van der Waals surface area contributed by atoms with Gasteiger partial charge in [0.05, 0.1) is 0 Å². The maximum absolute atomic E-state index is 12.1. The summed E-state index contributed by atoms with van der Waals surface area (Å²) in [4.78, 5) is 14.0. The highest BCUT2D eigenvalue weighted by Gasteiger charge is 2.20. The third kappa shape index (κ3) is 2.19. The summed E-state index contributed by atoms with van der Waals surface area (Å²) < 4.78 is 0. The summed E-state index contributed by atoms with van der Waals surface area (Å²) in [7, 11) is 0. The summed E-state index contributed by atoms with van der Waals surface area (Å²) >= 11 is 0. The number of nitrogens with zero attached hydrogens (tertiary/aromatic N) is 1. The fraction of sp³-hybridized carbons (Fsp3) is 0.278. The van der Waals surface area contributed by atoms with Crippen molar-refractivity contribution in [3.8, 4) is 11.1 Å². The van der Waals surface area contributed by atoms with Crippen LogP contribution in [0.15, 0.2) is 42.5 Å². The van der Waals surface area contributed by atoms with E-state index in [1.54, 1.807) is 0 Å². The van der Waals surface area contributed by atoms with Crippen molar-refractivity contribution in [2.45, 2.75) is 19.3 Å². The van der Waals surface area contributed by atoms with Crippen LogP contribution in [0.25, 0.3) is 11.1 Å². The van der Waals surface area contributed by atoms with Gasteiger partial charge in [-0.1, -0.05) is 30.3 Å². The Labute approximate surface area is 124 Å². The van der Waals surface area contributed by atoms with Gasteiger partial charge < -0.3 is 10.2 Å². The second kappa shape index (κ2) is 4.92. The van der Waals surface area contributed by atoms with Gasteiger partial charge in [-0.3, -0.25) is 0 Å². The van der Waals surface area contributed by atoms with Crippen molar-refractivity contribution in [3.05, 3.63) is 53.6 Å². The van der Waals surface area contributed by atoms with Crippen LogP contribution in [-0.4, -0.2) is 24.0 Å². The van der Waals surface area contributed by atoms with Crippen molar-refractivity contribution in [1.29, 1.82) is 0 Å². The molecule has 0 aromatic heterocycles. The Hall–Kier alpha value is -2.29. The lowest BCUT2D eigenvalue weighted by Gasteiger charge is -2.16. The minimum atomic E-state index is 0.0305. The van der Waals surface area contributed by atoms with E-state index in [1.165, 1.54) is 22.3 Å². The number of nitrogens with one attached hydrogen (secondary N) is 1. The Morgan fingerprint density at radius 2 is 1.71 bits per heavy atom. The molecule has 0 radical (unpaired) electrons. The SMILES string of the molecule is O=C(Nc1ccc2c(c1)Cc1ccccc1-2)N1CCCC1. The van der Waals surface area contributed by atoms with E-state index >= 15 is 0 Å². The Morgan fingerprint density at radius 1 is 0.952 bits per heavy atom. The van der Waals surface area contributed by atoms with Gasteiger partial charge in [-0.15, -0.1) is 0 Å². The van der Waals surface area contributed by atoms with E-state index in [0.717, 1.165) is 38.0 Å². The molecule has 1 fully saturated rings. The van der Waals surface area contributed by atoms with Crippen LogP contribution in [0.3, 0.4) is 0 Å². The van der Waals surface area contributed by atoms with Gasteiger partial charge in [0.25, 0.3) is 0 Å². The number of likely N-dealkylation sites (tertiary alicyclic amines) is 1. The predicted octanol–water partition coefficient (Wildman–Crippen LogP) is 3.89. The molecule has 106 valence electrons. The molecule has 2 aliphatic rings. The lowest BCUT2D eigenvalue weighted by atomic mass is 10.1. The minimum absolute atomic E-state index is 0.0305. The zero-order valence-corrected chi connectivity index (χ0v) is 11.9. The number of hydrogen-bond acceptors (Lipinski definition) is 1. The van der Waals surface area contributed by atoms with Crippen LogP contribution in [0, 0.1) is 0 Å². The molecule has 1 N–H and O–H groups in total. The number of anilines is 1. The third-order valence-corrected chi connectivity index (χ3v) is 4.44. The molecule has 2 aromatic rings. The molecule has 4 rings (SSSR count). The molecule has 0 spiro atoms. The number of fused-ring (bicyclic) bond motifs is 3. The normalized spacial score (nSPS) is 15.7. The van der Waals surface area contributed by atoms with Crippen molar-refractivity contribution in [1.82, 2.24) is 4.90 Å². The van der Waals surface area contributed by atoms with Crippen molar-refractivity contribution in [3.63, 3.8) is 0 Å². The summed E-state index contributed by atoms with van der Waals surface area (Å²) in [6.07, 6.45) is 3.19. The molecule has 0 unspecified atom stereocenters. The summed E-state index contributed by atoms with van der Waals surface area (Å²) in [6, 6.07) is 14.8. The number of amides is 2. The van der Waals surface area contributed by atoms with E-state index in [-0.39, 0.29) is 6.03 Å². The zero-order valence-electron chi connectivity index (χ0n) is 11.9. The van der Waals surface area contributed by atoms with E-state index in [4.69, 9.17) is 0 Å². The molecule has 3 heteroatoms. The predicted molar refractivity (Wildman–Crippen MR) is 84.5 cm³/mol.